The van der Waals surface area contributed by atoms with Crippen molar-refractivity contribution in [2.45, 2.75) is 6.42 Å². The van der Waals surface area contributed by atoms with Crippen molar-refractivity contribution in [3.63, 3.8) is 0 Å². The Morgan fingerprint density at radius 1 is 1.05 bits per heavy atom. The average Bonchev–Trinajstić information content (AvgIpc) is 2.79. The van der Waals surface area contributed by atoms with E-state index in [-0.39, 0.29) is 18.0 Å². The van der Waals surface area contributed by atoms with Crippen LogP contribution < -0.4 is 0 Å². The zero-order chi connectivity index (χ0) is 13.0. The molecule has 0 saturated heterocycles. The van der Waals surface area contributed by atoms with Crippen molar-refractivity contribution in [2.24, 2.45) is 0 Å². The van der Waals surface area contributed by atoms with Crippen molar-refractivity contribution in [2.75, 3.05) is 0 Å². The quantitative estimate of drug-likeness (QED) is 0.672. The van der Waals surface area contributed by atoms with Crippen molar-refractivity contribution in [3.05, 3.63) is 53.2 Å². The highest BCUT2D eigenvalue weighted by Gasteiger charge is 2.32. The van der Waals surface area contributed by atoms with Gasteiger partial charge in [-0.1, -0.05) is 24.3 Å². The smallest absolute Gasteiger partial charge is 0.229 e. The number of benzene rings is 1. The molecule has 0 fully saturated rings. The molecular formula is C16H9NO2. The van der Waals surface area contributed by atoms with Gasteiger partial charge in [-0.25, -0.2) is 4.98 Å². The standard InChI is InChI=1S/C16H9NO2/c18-14-6-5-11-12(16(14)19)8-10-7-9-3-1-2-4-13(9)17-15(10)11/h1-5,7-8H,6H2. The molecule has 90 valence electrons. The van der Waals surface area contributed by atoms with Crippen molar-refractivity contribution in [3.8, 4) is 0 Å². The van der Waals surface area contributed by atoms with Crippen molar-refractivity contribution < 1.29 is 9.59 Å². The third kappa shape index (κ3) is 1.35. The van der Waals surface area contributed by atoms with Crippen LogP contribution in [0.15, 0.2) is 42.0 Å². The molecule has 4 rings (SSSR count). The van der Waals surface area contributed by atoms with Gasteiger partial charge >= 0.3 is 0 Å². The zero-order valence-corrected chi connectivity index (χ0v) is 10.0. The predicted octanol–water partition coefficient (Wildman–Crippen LogP) is 2.56. The molecule has 0 spiro atoms. The van der Waals surface area contributed by atoms with Crippen LogP contribution in [-0.4, -0.2) is 16.6 Å². The first-order valence-electron chi connectivity index (χ1n) is 6.14. The van der Waals surface area contributed by atoms with Crippen LogP contribution in [0.5, 0.6) is 0 Å². The monoisotopic (exact) mass is 247 g/mol. The molecule has 0 radical (unpaired) electrons. The molecule has 0 unspecified atom stereocenters. The molecule has 2 aromatic rings. The number of allylic oxidation sites excluding steroid dienone is 3. The number of fused-ring (bicyclic) bond motifs is 4. The number of Topliss-reactive ketones (excluding diaryl/α,β-unsaturated/α-hetero) is 2. The number of para-hydroxylation sites is 1. The fraction of sp³-hybridized carbons (Fsp3) is 0.0625. The van der Waals surface area contributed by atoms with E-state index in [1.165, 1.54) is 0 Å². The minimum absolute atomic E-state index is 0.180. The number of ketones is 2. The Morgan fingerprint density at radius 3 is 2.79 bits per heavy atom. The molecule has 1 aromatic heterocycles. The maximum absolute atomic E-state index is 11.9. The van der Waals surface area contributed by atoms with Gasteiger partial charge < -0.3 is 0 Å². The van der Waals surface area contributed by atoms with Gasteiger partial charge in [0, 0.05) is 28.5 Å². The number of carbonyl (C=O) groups is 2. The number of nitrogens with zero attached hydrogens (tertiary/aromatic N) is 1. The highest BCUT2D eigenvalue weighted by Crippen LogP contribution is 2.38. The third-order valence-corrected chi connectivity index (χ3v) is 3.59. The SMILES string of the molecule is O=C1CC=C2C(=Cc3cc4ccccc4nc32)C1=O. The Labute approximate surface area is 109 Å². The molecule has 2 aliphatic rings. The number of hydrogen-bond acceptors (Lipinski definition) is 3. The van der Waals surface area contributed by atoms with Gasteiger partial charge in [-0.15, -0.1) is 0 Å². The van der Waals surface area contributed by atoms with Crippen LogP contribution in [0.1, 0.15) is 17.7 Å². The average molecular weight is 247 g/mol. The van der Waals surface area contributed by atoms with Crippen LogP contribution in [-0.2, 0) is 9.59 Å². The first kappa shape index (κ1) is 10.4. The number of rotatable bonds is 0. The van der Waals surface area contributed by atoms with E-state index in [1.54, 1.807) is 6.08 Å². The van der Waals surface area contributed by atoms with Crippen molar-refractivity contribution in [1.29, 1.82) is 0 Å². The lowest BCUT2D eigenvalue weighted by atomic mass is 9.93. The summed E-state index contributed by atoms with van der Waals surface area (Å²) in [6.45, 7) is 0. The largest absolute Gasteiger partial charge is 0.290 e. The predicted molar refractivity (Wildman–Crippen MR) is 72.3 cm³/mol. The minimum atomic E-state index is -0.389. The molecule has 0 aliphatic heterocycles. The zero-order valence-electron chi connectivity index (χ0n) is 10.0. The fourth-order valence-electron chi connectivity index (χ4n) is 2.65. The summed E-state index contributed by atoms with van der Waals surface area (Å²) in [6, 6.07) is 9.85. The molecule has 0 N–H and O–H groups in total. The highest BCUT2D eigenvalue weighted by atomic mass is 16.2. The van der Waals surface area contributed by atoms with E-state index in [9.17, 15) is 9.59 Å². The summed E-state index contributed by atoms with van der Waals surface area (Å²) >= 11 is 0. The highest BCUT2D eigenvalue weighted by molar-refractivity contribution is 6.50. The van der Waals surface area contributed by atoms with Crippen LogP contribution in [0.25, 0.3) is 22.6 Å². The van der Waals surface area contributed by atoms with Crippen LogP contribution in [0.2, 0.25) is 0 Å². The second-order valence-corrected chi connectivity index (χ2v) is 4.75. The van der Waals surface area contributed by atoms with Crippen LogP contribution in [0.4, 0.5) is 0 Å². The normalized spacial score (nSPS) is 17.1. The molecule has 0 amide bonds. The van der Waals surface area contributed by atoms with Gasteiger partial charge in [0.15, 0.2) is 0 Å². The van der Waals surface area contributed by atoms with Gasteiger partial charge in [-0.3, -0.25) is 9.59 Å². The van der Waals surface area contributed by atoms with Crippen LogP contribution in [0.3, 0.4) is 0 Å². The van der Waals surface area contributed by atoms with E-state index < -0.39 is 0 Å². The molecule has 3 heteroatoms. The maximum Gasteiger partial charge on any atom is 0.229 e. The first-order chi connectivity index (χ1) is 9.24. The van der Waals surface area contributed by atoms with E-state index in [0.717, 1.165) is 27.7 Å². The third-order valence-electron chi connectivity index (χ3n) is 3.59. The maximum atomic E-state index is 11.9. The second-order valence-electron chi connectivity index (χ2n) is 4.75. The van der Waals surface area contributed by atoms with Gasteiger partial charge in [0.1, 0.15) is 0 Å². The summed E-state index contributed by atoms with van der Waals surface area (Å²) in [5.41, 5.74) is 3.94. The Balaban J connectivity index is 2.02. The van der Waals surface area contributed by atoms with Crippen molar-refractivity contribution in [1.82, 2.24) is 4.98 Å². The summed E-state index contributed by atoms with van der Waals surface area (Å²) in [5.74, 6) is -0.730. The van der Waals surface area contributed by atoms with Gasteiger partial charge in [-0.05, 0) is 18.2 Å². The number of pyridine rings is 1. The Kier molecular flexibility index (Phi) is 1.90. The van der Waals surface area contributed by atoms with E-state index in [1.807, 2.05) is 36.4 Å². The molecule has 1 heterocycles. The number of carbonyl (C=O) groups excluding carboxylic acids is 2. The van der Waals surface area contributed by atoms with E-state index >= 15 is 0 Å². The lowest BCUT2D eigenvalue weighted by Gasteiger charge is -2.10. The van der Waals surface area contributed by atoms with Gasteiger partial charge in [0.05, 0.1) is 11.2 Å². The van der Waals surface area contributed by atoms with E-state index in [0.29, 0.717) is 5.57 Å². The second kappa shape index (κ2) is 3.48. The summed E-state index contributed by atoms with van der Waals surface area (Å²) in [6.07, 6.45) is 3.77. The first-order valence-corrected chi connectivity index (χ1v) is 6.14. The minimum Gasteiger partial charge on any atom is -0.290 e. The molecule has 0 bridgehead atoms. The van der Waals surface area contributed by atoms with Gasteiger partial charge in [0.2, 0.25) is 11.6 Å². The van der Waals surface area contributed by atoms with E-state index in [4.69, 9.17) is 0 Å². The van der Waals surface area contributed by atoms with E-state index in [2.05, 4.69) is 4.98 Å². The van der Waals surface area contributed by atoms with Gasteiger partial charge in [-0.2, -0.15) is 0 Å². The molecule has 2 aliphatic carbocycles. The lowest BCUT2D eigenvalue weighted by Crippen LogP contribution is -2.19. The summed E-state index contributed by atoms with van der Waals surface area (Å²) in [5, 5.41) is 1.04. The number of aromatic nitrogens is 1. The summed E-state index contributed by atoms with van der Waals surface area (Å²) < 4.78 is 0. The van der Waals surface area contributed by atoms with Crippen LogP contribution in [0, 0.1) is 0 Å². The molecular weight excluding hydrogens is 238 g/mol. The molecule has 19 heavy (non-hydrogen) atoms. The number of hydrogen-bond donors (Lipinski definition) is 0. The fourth-order valence-corrected chi connectivity index (χ4v) is 2.65. The van der Waals surface area contributed by atoms with Crippen LogP contribution >= 0.6 is 0 Å². The molecule has 0 atom stereocenters. The van der Waals surface area contributed by atoms with Crippen molar-refractivity contribution >= 4 is 34.1 Å². The summed E-state index contributed by atoms with van der Waals surface area (Å²) in [4.78, 5) is 28.0. The lowest BCUT2D eigenvalue weighted by molar-refractivity contribution is -0.133. The molecule has 0 saturated carbocycles. The molecule has 3 nitrogen and oxygen atoms in total. The summed E-state index contributed by atoms with van der Waals surface area (Å²) in [7, 11) is 0. The molecule has 1 aromatic carbocycles. The Bertz CT molecular complexity index is 828. The van der Waals surface area contributed by atoms with Gasteiger partial charge in [0.25, 0.3) is 0 Å². The topological polar surface area (TPSA) is 47.0 Å². The Hall–Kier alpha value is -2.55. The Morgan fingerprint density at radius 2 is 1.89 bits per heavy atom.